The highest BCUT2D eigenvalue weighted by atomic mass is 35.6. The van der Waals surface area contributed by atoms with Crippen molar-refractivity contribution in [3.8, 4) is 0 Å². The first-order valence-corrected chi connectivity index (χ1v) is 8.07. The first-order chi connectivity index (χ1) is 12.4. The lowest BCUT2D eigenvalue weighted by Crippen LogP contribution is -2.32. The zero-order valence-corrected chi connectivity index (χ0v) is 17.3. The lowest BCUT2D eigenvalue weighted by molar-refractivity contribution is -0.156. The van der Waals surface area contributed by atoms with Gasteiger partial charge in [-0.3, -0.25) is 0 Å². The molecule has 0 amide bonds. The summed E-state index contributed by atoms with van der Waals surface area (Å²) in [5.74, 6) is -3.37. The smallest absolute Gasteiger partial charge is 0.385 e. The molecule has 2 atom stereocenters. The number of hydrogen-bond donors (Lipinski definition) is 0. The van der Waals surface area contributed by atoms with Crippen LogP contribution in [-0.2, 0) is 47.6 Å². The third-order valence-electron chi connectivity index (χ3n) is 2.62. The van der Waals surface area contributed by atoms with Gasteiger partial charge < -0.3 is 28.4 Å². The van der Waals surface area contributed by atoms with E-state index in [1.807, 2.05) is 0 Å². The molecule has 14 heteroatoms. The molecule has 0 bridgehead atoms. The summed E-state index contributed by atoms with van der Waals surface area (Å²) in [6.45, 7) is 0. The summed E-state index contributed by atoms with van der Waals surface area (Å²) in [4.78, 5) is 42.8. The van der Waals surface area contributed by atoms with Gasteiger partial charge in [0.25, 0.3) is 14.8 Å². The zero-order valence-electron chi connectivity index (χ0n) is 14.2. The number of halogens is 4. The second-order valence-electron chi connectivity index (χ2n) is 4.22. The van der Waals surface area contributed by atoms with E-state index >= 15 is 0 Å². The van der Waals surface area contributed by atoms with E-state index < -0.39 is 39.3 Å². The van der Waals surface area contributed by atoms with E-state index in [2.05, 4.69) is 28.4 Å². The van der Waals surface area contributed by atoms with Crippen LogP contribution >= 0.6 is 46.4 Å². The van der Waals surface area contributed by atoms with Crippen LogP contribution in [0.5, 0.6) is 0 Å². The molecule has 27 heavy (non-hydrogen) atoms. The van der Waals surface area contributed by atoms with E-state index in [9.17, 15) is 19.2 Å². The van der Waals surface area contributed by atoms with E-state index in [1.165, 1.54) is 28.4 Å². The summed E-state index contributed by atoms with van der Waals surface area (Å²) in [6.07, 6.45) is -1.82. The Kier molecular flexibility index (Phi) is 11.0. The number of carbonyl (C=O) groups is 4. The summed E-state index contributed by atoms with van der Waals surface area (Å²) in [5.41, 5.74) is 0. The summed E-state index contributed by atoms with van der Waals surface area (Å²) in [5, 5.41) is 0. The molecular weight excluding hydrogens is 458 g/mol. The standard InChI is InChI=1S/C6H8O5.C6H6O5.CCl4/c2*1-9-3-4(10-2)6(8)11-5(3)7;2-1(3,4)5/h3-4H,1-2H3;1-2H3;. The fourth-order valence-corrected chi connectivity index (χ4v) is 1.62. The molecule has 10 nitrogen and oxygen atoms in total. The van der Waals surface area contributed by atoms with Crippen LogP contribution in [0.25, 0.3) is 0 Å². The third-order valence-corrected chi connectivity index (χ3v) is 2.62. The number of cyclic esters (lactones) is 4. The number of rotatable bonds is 4. The Labute approximate surface area is 173 Å². The molecular formula is C13H14Cl4O10. The molecule has 154 valence electrons. The summed E-state index contributed by atoms with van der Waals surface area (Å²) in [7, 11) is 5.15. The molecule has 0 aliphatic carbocycles. The van der Waals surface area contributed by atoms with E-state index in [0.717, 1.165) is 0 Å². The second kappa shape index (κ2) is 11.5. The van der Waals surface area contributed by atoms with Crippen molar-refractivity contribution >= 4 is 70.3 Å². The van der Waals surface area contributed by atoms with Gasteiger partial charge in [0.15, 0.2) is 12.2 Å². The Morgan fingerprint density at radius 3 is 1.22 bits per heavy atom. The van der Waals surface area contributed by atoms with Gasteiger partial charge in [-0.15, -0.1) is 0 Å². The molecule has 0 aromatic carbocycles. The van der Waals surface area contributed by atoms with Gasteiger partial charge in [0.05, 0.1) is 14.2 Å². The van der Waals surface area contributed by atoms with E-state index in [-0.39, 0.29) is 11.5 Å². The van der Waals surface area contributed by atoms with Gasteiger partial charge in [-0.2, -0.15) is 0 Å². The minimum absolute atomic E-state index is 0.183. The van der Waals surface area contributed by atoms with Crippen molar-refractivity contribution in [2.45, 2.75) is 15.5 Å². The topological polar surface area (TPSA) is 124 Å². The molecule has 2 unspecified atom stereocenters. The Hall–Kier alpha value is -1.30. The third kappa shape index (κ3) is 8.50. The number of ether oxygens (including phenoxy) is 6. The van der Waals surface area contributed by atoms with Crippen LogP contribution in [0.2, 0.25) is 0 Å². The fraction of sp³-hybridized carbons (Fsp3) is 0.538. The first-order valence-electron chi connectivity index (χ1n) is 6.56. The van der Waals surface area contributed by atoms with Gasteiger partial charge in [-0.25, -0.2) is 19.2 Å². The maximum absolute atomic E-state index is 10.7. The first kappa shape index (κ1) is 25.7. The largest absolute Gasteiger partial charge is 0.487 e. The summed E-state index contributed by atoms with van der Waals surface area (Å²) < 4.78 is 25.3. The van der Waals surface area contributed by atoms with E-state index in [1.54, 1.807) is 0 Å². The van der Waals surface area contributed by atoms with Crippen molar-refractivity contribution in [3.63, 3.8) is 0 Å². The van der Waals surface area contributed by atoms with Gasteiger partial charge in [-0.05, 0) is 0 Å². The number of hydrogen-bond acceptors (Lipinski definition) is 10. The predicted molar refractivity (Wildman–Crippen MR) is 91.0 cm³/mol. The molecule has 0 radical (unpaired) electrons. The molecule has 0 aromatic rings. The van der Waals surface area contributed by atoms with Crippen LogP contribution < -0.4 is 0 Å². The summed E-state index contributed by atoms with van der Waals surface area (Å²) in [6, 6.07) is 0. The lowest BCUT2D eigenvalue weighted by Gasteiger charge is -2.08. The molecule has 1 fully saturated rings. The van der Waals surface area contributed by atoms with E-state index in [0.29, 0.717) is 0 Å². The van der Waals surface area contributed by atoms with Gasteiger partial charge in [0, 0.05) is 14.2 Å². The highest BCUT2D eigenvalue weighted by Crippen LogP contribution is 2.29. The van der Waals surface area contributed by atoms with Gasteiger partial charge >= 0.3 is 23.9 Å². The van der Waals surface area contributed by atoms with E-state index in [4.69, 9.17) is 46.4 Å². The van der Waals surface area contributed by atoms with Gasteiger partial charge in [-0.1, -0.05) is 46.4 Å². The molecule has 0 aromatic heterocycles. The van der Waals surface area contributed by atoms with Crippen LogP contribution in [0.15, 0.2) is 11.5 Å². The van der Waals surface area contributed by atoms with Crippen LogP contribution in [0, 0.1) is 0 Å². The Morgan fingerprint density at radius 1 is 0.704 bits per heavy atom. The predicted octanol–water partition coefficient (Wildman–Crippen LogP) is 1.23. The van der Waals surface area contributed by atoms with Crippen LogP contribution in [-0.4, -0.2) is 67.8 Å². The molecule has 2 rings (SSSR count). The second-order valence-corrected chi connectivity index (χ2v) is 7.65. The molecule has 2 heterocycles. The highest BCUT2D eigenvalue weighted by molar-refractivity contribution is 6.83. The van der Waals surface area contributed by atoms with Crippen molar-refractivity contribution in [2.24, 2.45) is 0 Å². The van der Waals surface area contributed by atoms with Crippen molar-refractivity contribution in [2.75, 3.05) is 28.4 Å². The normalized spacial score (nSPS) is 21.6. The fourth-order valence-electron chi connectivity index (χ4n) is 1.62. The average molecular weight is 472 g/mol. The molecule has 0 saturated carbocycles. The zero-order chi connectivity index (χ0) is 21.4. The van der Waals surface area contributed by atoms with Gasteiger partial charge in [0.1, 0.15) is 0 Å². The van der Waals surface area contributed by atoms with Crippen LogP contribution in [0.4, 0.5) is 0 Å². The van der Waals surface area contributed by atoms with Crippen molar-refractivity contribution in [3.05, 3.63) is 11.5 Å². The summed E-state index contributed by atoms with van der Waals surface area (Å²) >= 11 is 19.3. The van der Waals surface area contributed by atoms with Gasteiger partial charge in [0.2, 0.25) is 0 Å². The van der Waals surface area contributed by atoms with Crippen LogP contribution in [0.3, 0.4) is 0 Å². The molecule has 1 saturated heterocycles. The maximum Gasteiger partial charge on any atom is 0.385 e. The van der Waals surface area contributed by atoms with Crippen molar-refractivity contribution in [1.82, 2.24) is 0 Å². The molecule has 0 spiro atoms. The number of methoxy groups -OCH3 is 4. The minimum atomic E-state index is -1.61. The number of esters is 4. The average Bonchev–Trinajstić information content (AvgIpc) is 2.99. The monoisotopic (exact) mass is 470 g/mol. The minimum Gasteiger partial charge on any atom is -0.487 e. The van der Waals surface area contributed by atoms with Crippen molar-refractivity contribution in [1.29, 1.82) is 0 Å². The SMILES string of the molecule is COC1=C(OC)C(=O)OC1=O.COC1C(=O)OC(=O)C1OC.ClC(Cl)(Cl)Cl. The quantitative estimate of drug-likeness (QED) is 0.335. The van der Waals surface area contributed by atoms with Crippen molar-refractivity contribution < 1.29 is 47.6 Å². The number of carbonyl (C=O) groups excluding carboxylic acids is 4. The molecule has 2 aliphatic rings. The maximum atomic E-state index is 10.7. The lowest BCUT2D eigenvalue weighted by atomic mass is 10.2. The Morgan fingerprint density at radius 2 is 1.00 bits per heavy atom. The Balaban J connectivity index is 0.000000405. The molecule has 0 N–H and O–H groups in total. The Bertz CT molecular complexity index is 563. The highest BCUT2D eigenvalue weighted by Gasteiger charge is 2.45. The van der Waals surface area contributed by atoms with Crippen LogP contribution in [0.1, 0.15) is 0 Å². The molecule has 2 aliphatic heterocycles. The number of alkyl halides is 4.